The Balaban J connectivity index is 1.50. The van der Waals surface area contributed by atoms with Gasteiger partial charge in [-0.05, 0) is 42.4 Å². The molecule has 0 saturated carbocycles. The number of nitrogens with one attached hydrogen (secondary N) is 2. The van der Waals surface area contributed by atoms with Gasteiger partial charge in [0.05, 0.1) is 0 Å². The van der Waals surface area contributed by atoms with Crippen molar-refractivity contribution in [1.29, 1.82) is 0 Å². The topological polar surface area (TPSA) is 61.4 Å². The van der Waals surface area contributed by atoms with E-state index in [0.29, 0.717) is 12.8 Å². The number of hydrogen-bond donors (Lipinski definition) is 2. The lowest BCUT2D eigenvalue weighted by atomic mass is 9.87. The van der Waals surface area contributed by atoms with Gasteiger partial charge in [-0.25, -0.2) is 0 Å². The Morgan fingerprint density at radius 2 is 1.76 bits per heavy atom. The standard InChI is InChI=1S/C20H29N3O2/c1-20(2,3)14-4-6-16(7-5-14)23-12-10-15(11-13-23)21-19(25)17-8-9-18(24)22-17/h4-7,15,17H,8-13H2,1-3H3,(H,21,25)(H,22,24)/t17-/m1/s1. The molecular formula is C20H29N3O2. The number of hydrogen-bond acceptors (Lipinski definition) is 3. The van der Waals surface area contributed by atoms with E-state index >= 15 is 0 Å². The molecule has 1 aromatic carbocycles. The van der Waals surface area contributed by atoms with Crippen molar-refractivity contribution in [2.75, 3.05) is 18.0 Å². The largest absolute Gasteiger partial charge is 0.371 e. The molecule has 2 fully saturated rings. The molecule has 0 radical (unpaired) electrons. The van der Waals surface area contributed by atoms with E-state index in [1.165, 1.54) is 11.3 Å². The van der Waals surface area contributed by atoms with Crippen molar-refractivity contribution in [3.05, 3.63) is 29.8 Å². The third-order valence-electron chi connectivity index (χ3n) is 5.25. The van der Waals surface area contributed by atoms with E-state index in [2.05, 4.69) is 60.6 Å². The van der Waals surface area contributed by atoms with Crippen LogP contribution in [0.5, 0.6) is 0 Å². The summed E-state index contributed by atoms with van der Waals surface area (Å²) in [5.41, 5.74) is 2.77. The van der Waals surface area contributed by atoms with Gasteiger partial charge in [-0.15, -0.1) is 0 Å². The quantitative estimate of drug-likeness (QED) is 0.886. The highest BCUT2D eigenvalue weighted by atomic mass is 16.2. The molecule has 5 heteroatoms. The molecule has 2 aliphatic rings. The molecule has 2 N–H and O–H groups in total. The van der Waals surface area contributed by atoms with Gasteiger partial charge < -0.3 is 15.5 Å². The fraction of sp³-hybridized carbons (Fsp3) is 0.600. The zero-order valence-electron chi connectivity index (χ0n) is 15.5. The Kier molecular flexibility index (Phi) is 5.02. The molecule has 3 rings (SSSR count). The van der Waals surface area contributed by atoms with Crippen LogP contribution in [-0.2, 0) is 15.0 Å². The highest BCUT2D eigenvalue weighted by Crippen LogP contribution is 2.26. The third kappa shape index (κ3) is 4.33. The van der Waals surface area contributed by atoms with E-state index in [9.17, 15) is 9.59 Å². The van der Waals surface area contributed by atoms with E-state index in [4.69, 9.17) is 0 Å². The van der Waals surface area contributed by atoms with E-state index in [1.807, 2.05) is 0 Å². The number of benzene rings is 1. The first-order valence-corrected chi connectivity index (χ1v) is 9.28. The van der Waals surface area contributed by atoms with Gasteiger partial charge in [0.15, 0.2) is 0 Å². The molecule has 0 aromatic heterocycles. The Morgan fingerprint density at radius 1 is 1.12 bits per heavy atom. The van der Waals surface area contributed by atoms with Crippen LogP contribution < -0.4 is 15.5 Å². The van der Waals surface area contributed by atoms with Crippen molar-refractivity contribution in [1.82, 2.24) is 10.6 Å². The van der Waals surface area contributed by atoms with Crippen molar-refractivity contribution >= 4 is 17.5 Å². The summed E-state index contributed by atoms with van der Waals surface area (Å²) in [6, 6.07) is 8.70. The first kappa shape index (κ1) is 17.8. The van der Waals surface area contributed by atoms with Gasteiger partial charge in [0, 0.05) is 31.2 Å². The number of carbonyl (C=O) groups excluding carboxylic acids is 2. The van der Waals surface area contributed by atoms with Gasteiger partial charge in [0.1, 0.15) is 6.04 Å². The van der Waals surface area contributed by atoms with Crippen molar-refractivity contribution in [2.45, 2.75) is 64.0 Å². The maximum atomic E-state index is 12.2. The molecule has 0 unspecified atom stereocenters. The lowest BCUT2D eigenvalue weighted by molar-refractivity contribution is -0.126. The van der Waals surface area contributed by atoms with Gasteiger partial charge in [-0.2, -0.15) is 0 Å². The fourth-order valence-corrected chi connectivity index (χ4v) is 3.57. The average molecular weight is 343 g/mol. The van der Waals surface area contributed by atoms with E-state index in [1.54, 1.807) is 0 Å². The smallest absolute Gasteiger partial charge is 0.242 e. The van der Waals surface area contributed by atoms with E-state index < -0.39 is 0 Å². The zero-order valence-corrected chi connectivity index (χ0v) is 15.5. The van der Waals surface area contributed by atoms with Crippen LogP contribution in [0.3, 0.4) is 0 Å². The van der Waals surface area contributed by atoms with Crippen LogP contribution in [-0.4, -0.2) is 37.0 Å². The van der Waals surface area contributed by atoms with Crippen LogP contribution in [0.1, 0.15) is 52.0 Å². The second-order valence-electron chi connectivity index (χ2n) is 8.23. The minimum atomic E-state index is -0.338. The molecule has 2 heterocycles. The number of carbonyl (C=O) groups is 2. The minimum absolute atomic E-state index is 0.0197. The van der Waals surface area contributed by atoms with Crippen molar-refractivity contribution in [3.63, 3.8) is 0 Å². The summed E-state index contributed by atoms with van der Waals surface area (Å²) < 4.78 is 0. The van der Waals surface area contributed by atoms with Gasteiger partial charge in [-0.3, -0.25) is 9.59 Å². The Morgan fingerprint density at radius 3 is 2.28 bits per heavy atom. The zero-order chi connectivity index (χ0) is 18.0. The van der Waals surface area contributed by atoms with Crippen molar-refractivity contribution in [3.8, 4) is 0 Å². The Hall–Kier alpha value is -2.04. The number of amides is 2. The van der Waals surface area contributed by atoms with Gasteiger partial charge >= 0.3 is 0 Å². The highest BCUT2D eigenvalue weighted by Gasteiger charge is 2.29. The average Bonchev–Trinajstić information content (AvgIpc) is 3.02. The summed E-state index contributed by atoms with van der Waals surface area (Å²) in [6.07, 6.45) is 2.95. The van der Waals surface area contributed by atoms with Gasteiger partial charge in [0.25, 0.3) is 0 Å². The summed E-state index contributed by atoms with van der Waals surface area (Å²) in [6.45, 7) is 8.56. The first-order chi connectivity index (χ1) is 11.8. The fourth-order valence-electron chi connectivity index (χ4n) is 3.57. The summed E-state index contributed by atoms with van der Waals surface area (Å²) in [7, 11) is 0. The van der Waals surface area contributed by atoms with Crippen LogP contribution in [0.2, 0.25) is 0 Å². The normalized spacial score (nSPS) is 22.0. The maximum Gasteiger partial charge on any atom is 0.242 e. The predicted molar refractivity (Wildman–Crippen MR) is 99.7 cm³/mol. The molecule has 1 aromatic rings. The van der Waals surface area contributed by atoms with Crippen molar-refractivity contribution in [2.24, 2.45) is 0 Å². The number of anilines is 1. The summed E-state index contributed by atoms with van der Waals surface area (Å²) in [5.74, 6) is -0.0486. The molecule has 2 amide bonds. The second-order valence-corrected chi connectivity index (χ2v) is 8.23. The molecule has 0 spiro atoms. The Labute approximate surface area is 150 Å². The SMILES string of the molecule is CC(C)(C)c1ccc(N2CCC(NC(=O)[C@H]3CCC(=O)N3)CC2)cc1. The predicted octanol–water partition coefficient (Wildman–Crippen LogP) is 2.35. The third-order valence-corrected chi connectivity index (χ3v) is 5.25. The second kappa shape index (κ2) is 7.06. The summed E-state index contributed by atoms with van der Waals surface area (Å²) in [4.78, 5) is 25.8. The molecule has 5 nitrogen and oxygen atoms in total. The first-order valence-electron chi connectivity index (χ1n) is 9.28. The lowest BCUT2D eigenvalue weighted by Gasteiger charge is -2.34. The maximum absolute atomic E-state index is 12.2. The lowest BCUT2D eigenvalue weighted by Crippen LogP contribution is -2.49. The van der Waals surface area contributed by atoms with Crippen LogP contribution in [0.25, 0.3) is 0 Å². The molecule has 136 valence electrons. The van der Waals surface area contributed by atoms with Crippen LogP contribution >= 0.6 is 0 Å². The Bertz CT molecular complexity index is 625. The van der Waals surface area contributed by atoms with Gasteiger partial charge in [0.2, 0.25) is 11.8 Å². The van der Waals surface area contributed by atoms with Gasteiger partial charge in [-0.1, -0.05) is 32.9 Å². The molecule has 0 aliphatic carbocycles. The number of piperidine rings is 1. The van der Waals surface area contributed by atoms with Crippen molar-refractivity contribution < 1.29 is 9.59 Å². The molecule has 2 saturated heterocycles. The monoisotopic (exact) mass is 343 g/mol. The molecule has 1 atom stereocenters. The minimum Gasteiger partial charge on any atom is -0.371 e. The van der Waals surface area contributed by atoms with E-state index in [-0.39, 0.29) is 29.3 Å². The molecular weight excluding hydrogens is 314 g/mol. The summed E-state index contributed by atoms with van der Waals surface area (Å²) >= 11 is 0. The molecule has 2 aliphatic heterocycles. The van der Waals surface area contributed by atoms with Crippen LogP contribution in [0, 0.1) is 0 Å². The molecule has 25 heavy (non-hydrogen) atoms. The highest BCUT2D eigenvalue weighted by molar-refractivity contribution is 5.90. The van der Waals surface area contributed by atoms with Crippen LogP contribution in [0.15, 0.2) is 24.3 Å². The molecule has 0 bridgehead atoms. The van der Waals surface area contributed by atoms with E-state index in [0.717, 1.165) is 25.9 Å². The number of nitrogens with zero attached hydrogens (tertiary/aromatic N) is 1. The van der Waals surface area contributed by atoms with Crippen LogP contribution in [0.4, 0.5) is 5.69 Å². The number of rotatable bonds is 3. The summed E-state index contributed by atoms with van der Waals surface area (Å²) in [5, 5.41) is 5.84.